The largest absolute Gasteiger partial charge is 0.495 e. The van der Waals surface area contributed by atoms with Gasteiger partial charge in [0.25, 0.3) is 5.91 Å². The first-order valence-electron chi connectivity index (χ1n) is 8.70. The molecule has 0 aromatic heterocycles. The zero-order valence-corrected chi connectivity index (χ0v) is 17.4. The minimum atomic E-state index is -3.78. The number of hydrogen-bond acceptors (Lipinski definition) is 5. The Labute approximate surface area is 169 Å². The summed E-state index contributed by atoms with van der Waals surface area (Å²) >= 11 is 6.06. The summed E-state index contributed by atoms with van der Waals surface area (Å²) in [6, 6.07) is 9.42. The first kappa shape index (κ1) is 20.4. The number of amides is 1. The summed E-state index contributed by atoms with van der Waals surface area (Å²) < 4.78 is 33.1. The van der Waals surface area contributed by atoms with E-state index >= 15 is 0 Å². The molecule has 1 aliphatic carbocycles. The zero-order valence-electron chi connectivity index (χ0n) is 15.8. The topological polar surface area (TPSA) is 87.7 Å². The van der Waals surface area contributed by atoms with Gasteiger partial charge < -0.3 is 15.0 Å². The fraction of sp³-hybridized carbons (Fsp3) is 0.316. The van der Waals surface area contributed by atoms with Crippen LogP contribution < -0.4 is 19.7 Å². The maximum Gasteiger partial charge on any atom is 0.255 e. The molecule has 1 aliphatic rings. The van der Waals surface area contributed by atoms with Crippen molar-refractivity contribution in [3.63, 3.8) is 0 Å². The number of halogens is 1. The molecule has 0 bridgehead atoms. The van der Waals surface area contributed by atoms with Gasteiger partial charge in [-0.2, -0.15) is 0 Å². The predicted octanol–water partition coefficient (Wildman–Crippen LogP) is 3.11. The maximum absolute atomic E-state index is 12.8. The molecule has 0 atom stereocenters. The van der Waals surface area contributed by atoms with E-state index in [4.69, 9.17) is 16.3 Å². The summed E-state index contributed by atoms with van der Waals surface area (Å²) in [5.74, 6) is -0.266. The van der Waals surface area contributed by atoms with Crippen molar-refractivity contribution in [3.05, 3.63) is 47.0 Å². The van der Waals surface area contributed by atoms with E-state index in [9.17, 15) is 13.2 Å². The van der Waals surface area contributed by atoms with Crippen LogP contribution in [0.1, 0.15) is 23.2 Å². The molecule has 9 heteroatoms. The second kappa shape index (κ2) is 7.98. The van der Waals surface area contributed by atoms with Crippen molar-refractivity contribution in [2.75, 3.05) is 31.4 Å². The zero-order chi connectivity index (χ0) is 20.5. The predicted molar refractivity (Wildman–Crippen MR) is 110 cm³/mol. The van der Waals surface area contributed by atoms with E-state index < -0.39 is 15.9 Å². The summed E-state index contributed by atoms with van der Waals surface area (Å²) in [6.45, 7) is 0. The van der Waals surface area contributed by atoms with Crippen molar-refractivity contribution in [2.45, 2.75) is 23.8 Å². The van der Waals surface area contributed by atoms with E-state index in [1.807, 2.05) is 19.0 Å². The highest BCUT2D eigenvalue weighted by Crippen LogP contribution is 2.30. The van der Waals surface area contributed by atoms with E-state index in [2.05, 4.69) is 10.0 Å². The number of methoxy groups -OCH3 is 1. The van der Waals surface area contributed by atoms with Gasteiger partial charge in [0, 0.05) is 30.7 Å². The maximum atomic E-state index is 12.8. The van der Waals surface area contributed by atoms with Gasteiger partial charge in [0.15, 0.2) is 0 Å². The molecule has 0 saturated heterocycles. The van der Waals surface area contributed by atoms with Crippen LogP contribution in [0.2, 0.25) is 5.02 Å². The molecule has 150 valence electrons. The molecule has 1 amide bonds. The van der Waals surface area contributed by atoms with Crippen LogP contribution in [0, 0.1) is 0 Å². The smallest absolute Gasteiger partial charge is 0.255 e. The summed E-state index contributed by atoms with van der Waals surface area (Å²) in [7, 11) is 1.30. The third-order valence-corrected chi connectivity index (χ3v) is 6.08. The highest BCUT2D eigenvalue weighted by molar-refractivity contribution is 7.89. The first-order chi connectivity index (χ1) is 13.2. The van der Waals surface area contributed by atoms with Gasteiger partial charge in [-0.25, -0.2) is 13.1 Å². The van der Waals surface area contributed by atoms with E-state index in [0.29, 0.717) is 10.7 Å². The Bertz CT molecular complexity index is 1000. The molecule has 0 aliphatic heterocycles. The number of sulfonamides is 1. The molecular formula is C19H22ClN3O4S. The van der Waals surface area contributed by atoms with Gasteiger partial charge in [0.05, 0.1) is 18.5 Å². The van der Waals surface area contributed by atoms with Crippen LogP contribution in [0.15, 0.2) is 41.3 Å². The van der Waals surface area contributed by atoms with Crippen LogP contribution >= 0.6 is 11.6 Å². The quantitative estimate of drug-likeness (QED) is 0.714. The lowest BCUT2D eigenvalue weighted by Gasteiger charge is -2.18. The van der Waals surface area contributed by atoms with Gasteiger partial charge in [-0.1, -0.05) is 11.6 Å². The third-order valence-electron chi connectivity index (χ3n) is 4.30. The van der Waals surface area contributed by atoms with Gasteiger partial charge in [0.1, 0.15) is 10.6 Å². The Hall–Kier alpha value is -2.29. The molecule has 2 aromatic rings. The normalized spacial score (nSPS) is 13.9. The molecule has 1 fully saturated rings. The molecule has 2 N–H and O–H groups in total. The van der Waals surface area contributed by atoms with Crippen molar-refractivity contribution >= 4 is 38.9 Å². The SMILES string of the molecule is COc1ccc(C(=O)Nc2cc(Cl)ccc2N(C)C)cc1S(=O)(=O)NC1CC1. The number of carbonyl (C=O) groups is 1. The minimum Gasteiger partial charge on any atom is -0.495 e. The number of nitrogens with zero attached hydrogens (tertiary/aromatic N) is 1. The van der Waals surface area contributed by atoms with Crippen LogP contribution in [0.25, 0.3) is 0 Å². The lowest BCUT2D eigenvalue weighted by Crippen LogP contribution is -2.26. The van der Waals surface area contributed by atoms with Crippen LogP contribution in [-0.4, -0.2) is 41.6 Å². The number of nitrogens with one attached hydrogen (secondary N) is 2. The van der Waals surface area contributed by atoms with Gasteiger partial charge in [0.2, 0.25) is 10.0 Å². The Balaban J connectivity index is 1.93. The second-order valence-electron chi connectivity index (χ2n) is 6.77. The number of ether oxygens (including phenoxy) is 1. The highest BCUT2D eigenvalue weighted by Gasteiger charge is 2.30. The van der Waals surface area contributed by atoms with Crippen LogP contribution in [-0.2, 0) is 10.0 Å². The lowest BCUT2D eigenvalue weighted by molar-refractivity contribution is 0.102. The lowest BCUT2D eigenvalue weighted by atomic mass is 10.2. The van der Waals surface area contributed by atoms with Crippen molar-refractivity contribution in [1.82, 2.24) is 4.72 Å². The third kappa shape index (κ3) is 4.57. The molecule has 0 spiro atoms. The summed E-state index contributed by atoms with van der Waals surface area (Å²) in [5.41, 5.74) is 1.50. The summed E-state index contributed by atoms with van der Waals surface area (Å²) in [4.78, 5) is 14.6. The van der Waals surface area contributed by atoms with Gasteiger partial charge in [-0.05, 0) is 49.2 Å². The Morgan fingerprint density at radius 1 is 1.18 bits per heavy atom. The summed E-state index contributed by atoms with van der Waals surface area (Å²) in [6.07, 6.45) is 1.62. The molecule has 28 heavy (non-hydrogen) atoms. The average molecular weight is 424 g/mol. The molecule has 0 unspecified atom stereocenters. The summed E-state index contributed by atoms with van der Waals surface area (Å²) in [5, 5.41) is 3.28. The Kier molecular flexibility index (Phi) is 5.83. The molecule has 3 rings (SSSR count). The Morgan fingerprint density at radius 2 is 1.89 bits per heavy atom. The van der Waals surface area contributed by atoms with E-state index in [-0.39, 0.29) is 22.3 Å². The minimum absolute atomic E-state index is 0.0544. The molecule has 0 heterocycles. The van der Waals surface area contributed by atoms with Gasteiger partial charge in [-0.3, -0.25) is 4.79 Å². The number of hydrogen-bond donors (Lipinski definition) is 2. The first-order valence-corrected chi connectivity index (χ1v) is 10.6. The van der Waals surface area contributed by atoms with Gasteiger partial charge >= 0.3 is 0 Å². The monoisotopic (exact) mass is 423 g/mol. The van der Waals surface area contributed by atoms with Crippen LogP contribution in [0.3, 0.4) is 0 Å². The number of benzene rings is 2. The molecule has 2 aromatic carbocycles. The molecule has 7 nitrogen and oxygen atoms in total. The molecule has 0 radical (unpaired) electrons. The van der Waals surface area contributed by atoms with E-state index in [1.165, 1.54) is 25.3 Å². The highest BCUT2D eigenvalue weighted by atomic mass is 35.5. The average Bonchev–Trinajstić information content (AvgIpc) is 3.44. The van der Waals surface area contributed by atoms with Crippen LogP contribution in [0.4, 0.5) is 11.4 Å². The Morgan fingerprint density at radius 3 is 2.50 bits per heavy atom. The van der Waals surface area contributed by atoms with E-state index in [0.717, 1.165) is 18.5 Å². The van der Waals surface area contributed by atoms with Crippen molar-refractivity contribution in [2.24, 2.45) is 0 Å². The molecule has 1 saturated carbocycles. The fourth-order valence-electron chi connectivity index (χ4n) is 2.70. The van der Waals surface area contributed by atoms with Crippen molar-refractivity contribution < 1.29 is 17.9 Å². The van der Waals surface area contributed by atoms with Crippen molar-refractivity contribution in [3.8, 4) is 5.75 Å². The molecular weight excluding hydrogens is 402 g/mol. The fourth-order valence-corrected chi connectivity index (χ4v) is 4.38. The van der Waals surface area contributed by atoms with E-state index in [1.54, 1.807) is 18.2 Å². The second-order valence-corrected chi connectivity index (χ2v) is 8.89. The standard InChI is InChI=1S/C19H22ClN3O4S/c1-23(2)16-8-5-13(20)11-15(16)21-19(24)12-4-9-17(27-3)18(10-12)28(25,26)22-14-6-7-14/h4-5,8-11,14,22H,6-7H2,1-3H3,(H,21,24). The number of carbonyl (C=O) groups excluding carboxylic acids is 1. The van der Waals surface area contributed by atoms with Crippen LogP contribution in [0.5, 0.6) is 5.75 Å². The van der Waals surface area contributed by atoms with Gasteiger partial charge in [-0.15, -0.1) is 0 Å². The number of anilines is 2. The number of rotatable bonds is 7. The van der Waals surface area contributed by atoms with Crippen molar-refractivity contribution in [1.29, 1.82) is 0 Å².